The lowest BCUT2D eigenvalue weighted by atomic mass is 10.00. The molecule has 8 heteroatoms. The summed E-state index contributed by atoms with van der Waals surface area (Å²) in [6.07, 6.45) is 2.27. The minimum Gasteiger partial charge on any atom is -0.495 e. The summed E-state index contributed by atoms with van der Waals surface area (Å²) in [4.78, 5) is 11.4. The topological polar surface area (TPSA) is 96.9 Å². The van der Waals surface area contributed by atoms with E-state index in [4.69, 9.17) is 4.74 Å². The summed E-state index contributed by atoms with van der Waals surface area (Å²) in [6, 6.07) is 12.4. The van der Waals surface area contributed by atoms with Gasteiger partial charge in [0, 0.05) is 18.9 Å². The van der Waals surface area contributed by atoms with Crippen LogP contribution in [0.3, 0.4) is 0 Å². The lowest BCUT2D eigenvalue weighted by Gasteiger charge is -2.14. The number of amides is 1. The predicted molar refractivity (Wildman–Crippen MR) is 105 cm³/mol. The Balaban J connectivity index is 1.51. The molecule has 28 heavy (non-hydrogen) atoms. The molecule has 0 aromatic heterocycles. The predicted octanol–water partition coefficient (Wildman–Crippen LogP) is 1.75. The van der Waals surface area contributed by atoms with Crippen LogP contribution in [0.25, 0.3) is 0 Å². The van der Waals surface area contributed by atoms with E-state index in [0.29, 0.717) is 31.4 Å². The summed E-state index contributed by atoms with van der Waals surface area (Å²) in [5.41, 5.74) is 6.55. The van der Waals surface area contributed by atoms with Crippen LogP contribution >= 0.6 is 0 Å². The average molecular weight is 399 g/mol. The van der Waals surface area contributed by atoms with Crippen LogP contribution in [-0.2, 0) is 27.7 Å². The van der Waals surface area contributed by atoms with Gasteiger partial charge >= 0.3 is 0 Å². The van der Waals surface area contributed by atoms with Gasteiger partial charge in [0.15, 0.2) is 0 Å². The number of nitrogens with zero attached hydrogens (tertiary/aromatic N) is 1. The van der Waals surface area contributed by atoms with Crippen molar-refractivity contribution in [2.45, 2.75) is 36.6 Å². The highest BCUT2D eigenvalue weighted by atomic mass is 32.2. The molecule has 1 unspecified atom stereocenters. The van der Waals surface area contributed by atoms with Gasteiger partial charge in [-0.25, -0.2) is 18.6 Å². The summed E-state index contributed by atoms with van der Waals surface area (Å²) in [7, 11) is -2.23. The van der Waals surface area contributed by atoms with Crippen molar-refractivity contribution < 1.29 is 17.9 Å². The van der Waals surface area contributed by atoms with Crippen LogP contribution in [0.2, 0.25) is 0 Å². The Bertz CT molecular complexity index is 1060. The number of ether oxygens (including phenoxy) is 1. The Morgan fingerprint density at radius 3 is 2.64 bits per heavy atom. The standard InChI is InChI=1S/C20H21N3O4S/c1-27-18-4-2-3-5-19(18)28(25,26)23-16-11-13-6-7-14(10-15(13)12-16)17-8-9-20(24)22-21-17/h2-7,10,16,23H,8-9,11-12H2,1H3,(H,22,24). The number of para-hydroxylation sites is 1. The molecule has 2 N–H and O–H groups in total. The lowest BCUT2D eigenvalue weighted by Crippen LogP contribution is -2.35. The van der Waals surface area contributed by atoms with E-state index >= 15 is 0 Å². The quantitative estimate of drug-likeness (QED) is 0.801. The van der Waals surface area contributed by atoms with Gasteiger partial charge in [0.25, 0.3) is 0 Å². The fraction of sp³-hybridized carbons (Fsp3) is 0.300. The smallest absolute Gasteiger partial charge is 0.244 e. The molecule has 0 fully saturated rings. The average Bonchev–Trinajstić information content (AvgIpc) is 3.09. The number of fused-ring (bicyclic) bond motifs is 1. The van der Waals surface area contributed by atoms with Crippen molar-refractivity contribution in [1.29, 1.82) is 0 Å². The molecule has 1 heterocycles. The third-order valence-electron chi connectivity index (χ3n) is 5.06. The first-order valence-corrected chi connectivity index (χ1v) is 10.6. The van der Waals surface area contributed by atoms with Gasteiger partial charge in [0.1, 0.15) is 10.6 Å². The van der Waals surface area contributed by atoms with Crippen molar-refractivity contribution in [2.24, 2.45) is 5.10 Å². The van der Waals surface area contributed by atoms with E-state index in [1.165, 1.54) is 13.2 Å². The van der Waals surface area contributed by atoms with Gasteiger partial charge in [-0.2, -0.15) is 5.10 Å². The maximum Gasteiger partial charge on any atom is 0.244 e. The highest BCUT2D eigenvalue weighted by molar-refractivity contribution is 7.89. The monoisotopic (exact) mass is 399 g/mol. The van der Waals surface area contributed by atoms with E-state index in [-0.39, 0.29) is 16.8 Å². The largest absolute Gasteiger partial charge is 0.495 e. The summed E-state index contributed by atoms with van der Waals surface area (Å²) < 4.78 is 33.6. The van der Waals surface area contributed by atoms with Crippen LogP contribution < -0.4 is 14.9 Å². The minimum atomic E-state index is -3.69. The first-order chi connectivity index (χ1) is 13.5. The summed E-state index contributed by atoms with van der Waals surface area (Å²) in [5, 5.41) is 4.14. The second-order valence-corrected chi connectivity index (χ2v) is 8.64. The fourth-order valence-electron chi connectivity index (χ4n) is 3.69. The van der Waals surface area contributed by atoms with Crippen LogP contribution in [-0.4, -0.2) is 33.2 Å². The van der Waals surface area contributed by atoms with Crippen LogP contribution in [0.4, 0.5) is 0 Å². The Labute approximate surface area is 163 Å². The summed E-state index contributed by atoms with van der Waals surface area (Å²) in [6.45, 7) is 0. The number of methoxy groups -OCH3 is 1. The molecule has 146 valence electrons. The third kappa shape index (κ3) is 3.65. The Kier molecular flexibility index (Phi) is 4.91. The van der Waals surface area contributed by atoms with Crippen molar-refractivity contribution in [3.05, 3.63) is 59.2 Å². The number of hydrazone groups is 1. The molecule has 1 aliphatic carbocycles. The molecule has 4 rings (SSSR count). The molecule has 1 amide bonds. The van der Waals surface area contributed by atoms with Crippen LogP contribution in [0.1, 0.15) is 29.5 Å². The van der Waals surface area contributed by atoms with Crippen LogP contribution in [0.15, 0.2) is 52.5 Å². The van der Waals surface area contributed by atoms with Crippen molar-refractivity contribution in [3.8, 4) is 5.75 Å². The number of rotatable bonds is 5. The summed E-state index contributed by atoms with van der Waals surface area (Å²) >= 11 is 0. The summed E-state index contributed by atoms with van der Waals surface area (Å²) in [5.74, 6) is 0.251. The number of carbonyl (C=O) groups is 1. The zero-order valence-corrected chi connectivity index (χ0v) is 16.3. The molecule has 7 nitrogen and oxygen atoms in total. The molecule has 0 spiro atoms. The van der Waals surface area contributed by atoms with Crippen molar-refractivity contribution in [1.82, 2.24) is 10.1 Å². The zero-order valence-electron chi connectivity index (χ0n) is 15.4. The number of carbonyl (C=O) groups excluding carboxylic acids is 1. The fourth-order valence-corrected chi connectivity index (χ4v) is 5.09. The molecule has 0 saturated carbocycles. The number of sulfonamides is 1. The molecular formula is C20H21N3O4S. The highest BCUT2D eigenvalue weighted by Gasteiger charge is 2.28. The Morgan fingerprint density at radius 2 is 1.89 bits per heavy atom. The molecule has 2 aliphatic rings. The van der Waals surface area contributed by atoms with E-state index in [9.17, 15) is 13.2 Å². The van der Waals surface area contributed by atoms with Gasteiger partial charge in [-0.3, -0.25) is 4.79 Å². The van der Waals surface area contributed by atoms with Crippen LogP contribution in [0, 0.1) is 0 Å². The van der Waals surface area contributed by atoms with Gasteiger partial charge in [-0.15, -0.1) is 0 Å². The number of benzene rings is 2. The zero-order chi connectivity index (χ0) is 19.7. The molecule has 1 atom stereocenters. The molecule has 2 aromatic rings. The van der Waals surface area contributed by atoms with E-state index in [1.54, 1.807) is 18.2 Å². The Morgan fingerprint density at radius 1 is 1.11 bits per heavy atom. The first kappa shape index (κ1) is 18.6. The normalized spacial score (nSPS) is 19.0. The number of nitrogens with one attached hydrogen (secondary N) is 2. The molecule has 0 bridgehead atoms. The molecule has 0 saturated heterocycles. The van der Waals surface area contributed by atoms with Crippen molar-refractivity contribution in [3.63, 3.8) is 0 Å². The molecular weight excluding hydrogens is 378 g/mol. The van der Waals surface area contributed by atoms with Crippen molar-refractivity contribution >= 4 is 21.6 Å². The molecule has 2 aromatic carbocycles. The number of hydrogen-bond donors (Lipinski definition) is 2. The van der Waals surface area contributed by atoms with E-state index in [2.05, 4.69) is 15.2 Å². The van der Waals surface area contributed by atoms with E-state index in [0.717, 1.165) is 22.4 Å². The van der Waals surface area contributed by atoms with E-state index < -0.39 is 10.0 Å². The number of hydrogen-bond acceptors (Lipinski definition) is 5. The second kappa shape index (κ2) is 7.37. The molecule has 1 aliphatic heterocycles. The van der Waals surface area contributed by atoms with Gasteiger partial charge in [0.05, 0.1) is 12.8 Å². The second-order valence-electron chi connectivity index (χ2n) is 6.95. The first-order valence-electron chi connectivity index (χ1n) is 9.09. The van der Waals surface area contributed by atoms with Gasteiger partial charge in [0.2, 0.25) is 15.9 Å². The van der Waals surface area contributed by atoms with Gasteiger partial charge in [-0.05, 0) is 47.7 Å². The Hall–Kier alpha value is -2.71. The van der Waals surface area contributed by atoms with Gasteiger partial charge in [-0.1, -0.05) is 24.3 Å². The SMILES string of the molecule is COc1ccccc1S(=O)(=O)NC1Cc2ccc(C3=NNC(=O)CC3)cc2C1. The van der Waals surface area contributed by atoms with Crippen LogP contribution in [0.5, 0.6) is 5.75 Å². The molecule has 0 radical (unpaired) electrons. The maximum atomic E-state index is 12.8. The highest BCUT2D eigenvalue weighted by Crippen LogP contribution is 2.28. The van der Waals surface area contributed by atoms with E-state index in [1.807, 2.05) is 18.2 Å². The minimum absolute atomic E-state index is 0.0734. The van der Waals surface area contributed by atoms with Crippen molar-refractivity contribution in [2.75, 3.05) is 7.11 Å². The maximum absolute atomic E-state index is 12.8. The van der Waals surface area contributed by atoms with Gasteiger partial charge < -0.3 is 4.74 Å². The lowest BCUT2D eigenvalue weighted by molar-refractivity contribution is -0.121. The third-order valence-corrected chi connectivity index (χ3v) is 6.62.